The molecule has 3 heteroatoms. The van der Waals surface area contributed by atoms with E-state index >= 15 is 0 Å². The molecule has 0 saturated carbocycles. The number of hydrogen-bond acceptors (Lipinski definition) is 3. The largest absolute Gasteiger partial charge is 0.261 e. The molecule has 0 N–H and O–H groups in total. The van der Waals surface area contributed by atoms with Crippen molar-refractivity contribution in [2.24, 2.45) is 0 Å². The molecule has 0 bridgehead atoms. The van der Waals surface area contributed by atoms with Crippen molar-refractivity contribution in [1.82, 2.24) is 0 Å². The first-order valence-electron chi connectivity index (χ1n) is 6.26. The van der Waals surface area contributed by atoms with Gasteiger partial charge in [-0.15, -0.1) is 0 Å². The second kappa shape index (κ2) is 5.10. The third kappa shape index (κ3) is 2.17. The molecule has 0 aliphatic carbocycles. The molecule has 3 nitrogen and oxygen atoms in total. The number of benzene rings is 2. The summed E-state index contributed by atoms with van der Waals surface area (Å²) in [6.07, 6.45) is 1.04. The van der Waals surface area contributed by atoms with Crippen LogP contribution < -0.4 is 10.2 Å². The molecule has 2 aromatic carbocycles. The van der Waals surface area contributed by atoms with Crippen LogP contribution in [0.5, 0.6) is 0 Å². The predicted molar refractivity (Wildman–Crippen MR) is 73.3 cm³/mol. The molecule has 0 aromatic heterocycles. The van der Waals surface area contributed by atoms with Gasteiger partial charge in [-0.3, -0.25) is 9.85 Å². The van der Waals surface area contributed by atoms with Gasteiger partial charge in [0.15, 0.2) is 0 Å². The van der Waals surface area contributed by atoms with Gasteiger partial charge >= 0.3 is 0 Å². The highest BCUT2D eigenvalue weighted by Crippen LogP contribution is 2.25. The summed E-state index contributed by atoms with van der Waals surface area (Å²) in [6, 6.07) is 20.5. The van der Waals surface area contributed by atoms with E-state index in [1.165, 1.54) is 0 Å². The zero-order chi connectivity index (χ0) is 12.2. The van der Waals surface area contributed by atoms with Crippen molar-refractivity contribution in [3.63, 3.8) is 0 Å². The molecular formula is C15H16N2O. The van der Waals surface area contributed by atoms with Gasteiger partial charge in [-0.2, -0.15) is 5.17 Å². The van der Waals surface area contributed by atoms with E-state index in [1.807, 2.05) is 41.6 Å². The van der Waals surface area contributed by atoms with E-state index in [1.54, 1.807) is 0 Å². The fourth-order valence-electron chi connectivity index (χ4n) is 2.13. The maximum absolute atomic E-state index is 5.79. The molecule has 1 heterocycles. The van der Waals surface area contributed by atoms with Crippen LogP contribution in [0.25, 0.3) is 0 Å². The lowest BCUT2D eigenvalue weighted by molar-refractivity contribution is 0.0748. The molecule has 3 rings (SSSR count). The van der Waals surface area contributed by atoms with Crippen LogP contribution >= 0.6 is 0 Å². The zero-order valence-electron chi connectivity index (χ0n) is 10.2. The lowest BCUT2D eigenvalue weighted by atomic mass is 10.3. The summed E-state index contributed by atoms with van der Waals surface area (Å²) in [5, 5.41) is 4.05. The summed E-state index contributed by atoms with van der Waals surface area (Å²) < 4.78 is 0. The van der Waals surface area contributed by atoms with Gasteiger partial charge in [0.2, 0.25) is 0 Å². The minimum atomic E-state index is 0.762. The highest BCUT2D eigenvalue weighted by Gasteiger charge is 2.21. The minimum Gasteiger partial charge on any atom is -0.261 e. The zero-order valence-corrected chi connectivity index (χ0v) is 10.2. The van der Waals surface area contributed by atoms with E-state index < -0.39 is 0 Å². The van der Waals surface area contributed by atoms with E-state index in [0.29, 0.717) is 0 Å². The number of rotatable bonds is 2. The van der Waals surface area contributed by atoms with Crippen LogP contribution in [0, 0.1) is 0 Å². The van der Waals surface area contributed by atoms with Crippen molar-refractivity contribution in [2.75, 3.05) is 23.3 Å². The second-order valence-corrected chi connectivity index (χ2v) is 4.25. The minimum absolute atomic E-state index is 0.762. The van der Waals surface area contributed by atoms with Crippen molar-refractivity contribution in [3.05, 3.63) is 60.7 Å². The first-order valence-corrected chi connectivity index (χ1v) is 6.26. The Balaban J connectivity index is 1.92. The average molecular weight is 240 g/mol. The molecule has 0 amide bonds. The maximum Gasteiger partial charge on any atom is 0.0881 e. The summed E-state index contributed by atoms with van der Waals surface area (Å²) in [5.41, 5.74) is 2.21. The Morgan fingerprint density at radius 3 is 2.06 bits per heavy atom. The van der Waals surface area contributed by atoms with Crippen molar-refractivity contribution in [1.29, 1.82) is 0 Å². The van der Waals surface area contributed by atoms with Gasteiger partial charge in [-0.05, 0) is 30.7 Å². The fourth-order valence-corrected chi connectivity index (χ4v) is 2.13. The van der Waals surface area contributed by atoms with Crippen molar-refractivity contribution in [3.8, 4) is 0 Å². The lowest BCUT2D eigenvalue weighted by Gasteiger charge is -2.40. The van der Waals surface area contributed by atoms with E-state index in [0.717, 1.165) is 30.9 Å². The second-order valence-electron chi connectivity index (χ2n) is 4.25. The number of nitrogens with zero attached hydrogens (tertiary/aromatic N) is 2. The van der Waals surface area contributed by atoms with Crippen LogP contribution in [-0.4, -0.2) is 13.2 Å². The normalized spacial score (nSPS) is 15.8. The van der Waals surface area contributed by atoms with Crippen molar-refractivity contribution in [2.45, 2.75) is 6.42 Å². The smallest absolute Gasteiger partial charge is 0.0881 e. The summed E-state index contributed by atoms with van der Waals surface area (Å²) in [7, 11) is 0. The van der Waals surface area contributed by atoms with Crippen LogP contribution in [-0.2, 0) is 4.84 Å². The Morgan fingerprint density at radius 1 is 0.778 bits per heavy atom. The predicted octanol–water partition coefficient (Wildman–Crippen LogP) is 3.25. The van der Waals surface area contributed by atoms with E-state index in [4.69, 9.17) is 4.84 Å². The third-order valence-corrected chi connectivity index (χ3v) is 2.98. The van der Waals surface area contributed by atoms with Crippen LogP contribution in [0.4, 0.5) is 11.4 Å². The van der Waals surface area contributed by atoms with Gasteiger partial charge in [0.25, 0.3) is 0 Å². The molecule has 1 fully saturated rings. The fraction of sp³-hybridized carbons (Fsp3) is 0.200. The van der Waals surface area contributed by atoms with Crippen LogP contribution in [0.1, 0.15) is 6.42 Å². The molecule has 0 atom stereocenters. The molecule has 0 unspecified atom stereocenters. The number of para-hydroxylation sites is 2. The summed E-state index contributed by atoms with van der Waals surface area (Å²) in [4.78, 5) is 5.79. The van der Waals surface area contributed by atoms with E-state index in [9.17, 15) is 0 Å². The Labute approximate surface area is 107 Å². The van der Waals surface area contributed by atoms with Gasteiger partial charge in [-0.1, -0.05) is 36.4 Å². The van der Waals surface area contributed by atoms with Gasteiger partial charge in [0.1, 0.15) is 0 Å². The summed E-state index contributed by atoms with van der Waals surface area (Å²) in [6.45, 7) is 1.73. The standard InChI is InChI=1S/C15H16N2O/c1-3-8-14(9-4-1)16-12-7-13-18-17(16)15-10-5-2-6-11-15/h1-6,8-11H,7,12-13H2. The number of hydrogen-bond donors (Lipinski definition) is 0. The maximum atomic E-state index is 5.79. The van der Waals surface area contributed by atoms with E-state index in [2.05, 4.69) is 29.3 Å². The lowest BCUT2D eigenvalue weighted by Crippen LogP contribution is -2.48. The Morgan fingerprint density at radius 2 is 1.39 bits per heavy atom. The Kier molecular flexibility index (Phi) is 3.15. The topological polar surface area (TPSA) is 15.7 Å². The molecule has 0 radical (unpaired) electrons. The Bertz CT molecular complexity index is 439. The monoisotopic (exact) mass is 240 g/mol. The van der Waals surface area contributed by atoms with E-state index in [-0.39, 0.29) is 0 Å². The van der Waals surface area contributed by atoms with Gasteiger partial charge in [-0.25, -0.2) is 0 Å². The van der Waals surface area contributed by atoms with Gasteiger partial charge in [0.05, 0.1) is 18.0 Å². The molecular weight excluding hydrogens is 224 g/mol. The molecule has 92 valence electrons. The molecule has 2 aromatic rings. The van der Waals surface area contributed by atoms with Crippen LogP contribution in [0.2, 0.25) is 0 Å². The summed E-state index contributed by atoms with van der Waals surface area (Å²) >= 11 is 0. The SMILES string of the molecule is c1ccc(N2CCCON2c2ccccc2)cc1. The first kappa shape index (κ1) is 11.1. The Hall–Kier alpha value is -2.00. The third-order valence-electron chi connectivity index (χ3n) is 2.98. The van der Waals surface area contributed by atoms with Crippen molar-refractivity contribution < 1.29 is 4.84 Å². The van der Waals surface area contributed by atoms with Crippen LogP contribution in [0.15, 0.2) is 60.7 Å². The highest BCUT2D eigenvalue weighted by molar-refractivity contribution is 5.55. The summed E-state index contributed by atoms with van der Waals surface area (Å²) in [5.74, 6) is 0. The number of hydrazine groups is 1. The van der Waals surface area contributed by atoms with Crippen LogP contribution in [0.3, 0.4) is 0 Å². The molecule has 0 spiro atoms. The molecule has 18 heavy (non-hydrogen) atoms. The molecule has 1 aliphatic rings. The van der Waals surface area contributed by atoms with Crippen molar-refractivity contribution >= 4 is 11.4 Å². The van der Waals surface area contributed by atoms with Gasteiger partial charge < -0.3 is 0 Å². The first-order chi connectivity index (χ1) is 8.95. The van der Waals surface area contributed by atoms with Gasteiger partial charge in [0, 0.05) is 6.54 Å². The highest BCUT2D eigenvalue weighted by atomic mass is 16.7. The average Bonchev–Trinajstić information content (AvgIpc) is 2.49. The molecule has 1 aliphatic heterocycles. The number of anilines is 2. The quantitative estimate of drug-likeness (QED) is 0.801. The molecule has 1 saturated heterocycles.